The van der Waals surface area contributed by atoms with Crippen LogP contribution in [-0.4, -0.2) is 35.1 Å². The first-order chi connectivity index (χ1) is 13.9. The van der Waals surface area contributed by atoms with Crippen LogP contribution in [0.15, 0.2) is 47.6 Å². The Bertz CT molecular complexity index is 1190. The molecule has 0 aliphatic heterocycles. The molecule has 4 aromatic heterocycles. The number of Topliss-reactive ketones (excluding diaryl/α,β-unsaturated/α-hetero) is 1. The van der Waals surface area contributed by atoms with Crippen molar-refractivity contribution < 1.29 is 13.6 Å². The number of fused-ring (bicyclic) bond motifs is 1. The number of aromatic nitrogens is 6. The first-order valence-corrected chi connectivity index (χ1v) is 9.54. The van der Waals surface area contributed by atoms with Crippen molar-refractivity contribution in [3.8, 4) is 5.69 Å². The van der Waals surface area contributed by atoms with E-state index in [2.05, 4.69) is 36.2 Å². The molecule has 0 saturated heterocycles. The molecule has 10 heteroatoms. The van der Waals surface area contributed by atoms with E-state index in [1.807, 2.05) is 19.1 Å². The zero-order chi connectivity index (χ0) is 20.5. The molecule has 4 aromatic rings. The molecule has 0 aliphatic rings. The molecule has 4 heterocycles. The molecule has 0 spiro atoms. The van der Waals surface area contributed by atoms with Crippen molar-refractivity contribution in [3.05, 3.63) is 70.1 Å². The minimum atomic E-state index is -2.77. The minimum Gasteiger partial charge on any atom is -0.294 e. The normalized spacial score (nSPS) is 11.5. The second-order valence-electron chi connectivity index (χ2n) is 6.49. The Kier molecular flexibility index (Phi) is 5.18. The van der Waals surface area contributed by atoms with Gasteiger partial charge in [-0.05, 0) is 47.0 Å². The van der Waals surface area contributed by atoms with Gasteiger partial charge in [0.1, 0.15) is 16.0 Å². The number of pyridine rings is 2. The molecule has 148 valence electrons. The molecular formula is C19H15BrF2N6O. The lowest BCUT2D eigenvalue weighted by molar-refractivity contribution is 0.0982. The van der Waals surface area contributed by atoms with E-state index in [1.165, 1.54) is 12.3 Å². The number of hydrogen-bond acceptors (Lipinski definition) is 5. The fraction of sp³-hybridized carbons (Fsp3) is 0.211. The van der Waals surface area contributed by atoms with Crippen LogP contribution in [0.2, 0.25) is 0 Å². The van der Waals surface area contributed by atoms with E-state index in [4.69, 9.17) is 0 Å². The van der Waals surface area contributed by atoms with Crippen LogP contribution in [0.25, 0.3) is 11.3 Å². The maximum absolute atomic E-state index is 13.3. The summed E-state index contributed by atoms with van der Waals surface area (Å²) in [6.07, 6.45) is 3.91. The molecule has 0 unspecified atom stereocenters. The predicted octanol–water partition coefficient (Wildman–Crippen LogP) is 4.13. The van der Waals surface area contributed by atoms with Gasteiger partial charge in [0.05, 0.1) is 12.4 Å². The molecule has 0 fully saturated rings. The van der Waals surface area contributed by atoms with Crippen LogP contribution >= 0.6 is 15.9 Å². The highest BCUT2D eigenvalue weighted by molar-refractivity contribution is 9.10. The summed E-state index contributed by atoms with van der Waals surface area (Å²) < 4.78 is 29.9. The van der Waals surface area contributed by atoms with Gasteiger partial charge in [0.2, 0.25) is 0 Å². The van der Waals surface area contributed by atoms with Gasteiger partial charge in [-0.1, -0.05) is 11.3 Å². The quantitative estimate of drug-likeness (QED) is 0.404. The van der Waals surface area contributed by atoms with Crippen LogP contribution in [0.3, 0.4) is 0 Å². The number of alkyl halides is 2. The highest BCUT2D eigenvalue weighted by Crippen LogP contribution is 2.26. The Morgan fingerprint density at radius 3 is 2.76 bits per heavy atom. The SMILES string of the molecule is Cc1ccc(CCC(=O)c2cc(-n3nncc3C(F)F)c3ncc(Br)n3c2)cn1. The molecule has 0 bridgehead atoms. The van der Waals surface area contributed by atoms with Crippen molar-refractivity contribution in [2.45, 2.75) is 26.2 Å². The summed E-state index contributed by atoms with van der Waals surface area (Å²) in [5.74, 6) is -0.131. The summed E-state index contributed by atoms with van der Waals surface area (Å²) in [5, 5.41) is 7.35. The highest BCUT2D eigenvalue weighted by Gasteiger charge is 2.21. The van der Waals surface area contributed by atoms with Crippen molar-refractivity contribution in [2.75, 3.05) is 0 Å². The van der Waals surface area contributed by atoms with Crippen molar-refractivity contribution in [3.63, 3.8) is 0 Å². The van der Waals surface area contributed by atoms with Crippen molar-refractivity contribution >= 4 is 27.4 Å². The van der Waals surface area contributed by atoms with Gasteiger partial charge < -0.3 is 0 Å². The molecule has 4 rings (SSSR count). The molecule has 0 amide bonds. The van der Waals surface area contributed by atoms with Gasteiger partial charge in [-0.3, -0.25) is 14.2 Å². The number of ketones is 1. The summed E-state index contributed by atoms with van der Waals surface area (Å²) in [6, 6.07) is 5.34. The second-order valence-corrected chi connectivity index (χ2v) is 7.30. The number of aryl methyl sites for hydroxylation is 2. The monoisotopic (exact) mass is 460 g/mol. The Morgan fingerprint density at radius 1 is 1.21 bits per heavy atom. The van der Waals surface area contributed by atoms with Gasteiger partial charge in [0.25, 0.3) is 6.43 Å². The van der Waals surface area contributed by atoms with E-state index in [0.717, 1.165) is 22.1 Å². The summed E-state index contributed by atoms with van der Waals surface area (Å²) >= 11 is 3.36. The summed E-state index contributed by atoms with van der Waals surface area (Å²) in [4.78, 5) is 21.3. The van der Waals surface area contributed by atoms with Crippen LogP contribution in [0.4, 0.5) is 8.78 Å². The van der Waals surface area contributed by atoms with Crippen molar-refractivity contribution in [1.29, 1.82) is 0 Å². The zero-order valence-corrected chi connectivity index (χ0v) is 16.8. The van der Waals surface area contributed by atoms with Gasteiger partial charge in [0.15, 0.2) is 11.4 Å². The molecule has 0 saturated carbocycles. The van der Waals surface area contributed by atoms with Crippen molar-refractivity contribution in [2.24, 2.45) is 0 Å². The van der Waals surface area contributed by atoms with E-state index in [0.29, 0.717) is 22.2 Å². The van der Waals surface area contributed by atoms with Gasteiger partial charge in [-0.25, -0.2) is 18.4 Å². The summed E-state index contributed by atoms with van der Waals surface area (Å²) in [7, 11) is 0. The minimum absolute atomic E-state index is 0.131. The predicted molar refractivity (Wildman–Crippen MR) is 104 cm³/mol. The number of halogens is 3. The number of imidazole rings is 1. The largest absolute Gasteiger partial charge is 0.294 e. The van der Waals surface area contributed by atoms with Crippen LogP contribution in [0, 0.1) is 6.92 Å². The van der Waals surface area contributed by atoms with Crippen LogP contribution in [0.1, 0.15) is 40.2 Å². The first kappa shape index (κ1) is 19.3. The van der Waals surface area contributed by atoms with Gasteiger partial charge in [-0.15, -0.1) is 5.10 Å². The maximum atomic E-state index is 13.3. The second kappa shape index (κ2) is 7.78. The third-order valence-electron chi connectivity index (χ3n) is 4.50. The lowest BCUT2D eigenvalue weighted by Gasteiger charge is -2.10. The summed E-state index contributed by atoms with van der Waals surface area (Å²) in [6.45, 7) is 1.90. The van der Waals surface area contributed by atoms with Crippen LogP contribution < -0.4 is 0 Å². The molecule has 0 aromatic carbocycles. The maximum Gasteiger partial charge on any atom is 0.282 e. The van der Waals surface area contributed by atoms with E-state index in [1.54, 1.807) is 16.8 Å². The number of rotatable bonds is 6. The smallest absolute Gasteiger partial charge is 0.282 e. The molecule has 7 nitrogen and oxygen atoms in total. The fourth-order valence-corrected chi connectivity index (χ4v) is 3.35. The Morgan fingerprint density at radius 2 is 2.03 bits per heavy atom. The van der Waals surface area contributed by atoms with E-state index < -0.39 is 6.43 Å². The third-order valence-corrected chi connectivity index (χ3v) is 5.09. The van der Waals surface area contributed by atoms with E-state index in [-0.39, 0.29) is 23.6 Å². The molecule has 0 N–H and O–H groups in total. The number of carbonyl (C=O) groups excluding carboxylic acids is 1. The van der Waals surface area contributed by atoms with Gasteiger partial charge in [-0.2, -0.15) is 0 Å². The van der Waals surface area contributed by atoms with Crippen LogP contribution in [-0.2, 0) is 6.42 Å². The average molecular weight is 461 g/mol. The number of hydrogen-bond donors (Lipinski definition) is 0. The third kappa shape index (κ3) is 3.80. The average Bonchev–Trinajstić information content (AvgIpc) is 3.34. The van der Waals surface area contributed by atoms with E-state index >= 15 is 0 Å². The summed E-state index contributed by atoms with van der Waals surface area (Å²) in [5.41, 5.74) is 2.48. The molecule has 0 aliphatic carbocycles. The number of nitrogens with zero attached hydrogens (tertiary/aromatic N) is 6. The van der Waals surface area contributed by atoms with Crippen molar-refractivity contribution in [1.82, 2.24) is 29.4 Å². The first-order valence-electron chi connectivity index (χ1n) is 8.74. The molecule has 0 radical (unpaired) electrons. The van der Waals surface area contributed by atoms with Gasteiger partial charge in [0, 0.05) is 30.1 Å². The van der Waals surface area contributed by atoms with Crippen LogP contribution in [0.5, 0.6) is 0 Å². The lowest BCUT2D eigenvalue weighted by atomic mass is 10.0. The Labute approximate surface area is 172 Å². The van der Waals surface area contributed by atoms with E-state index in [9.17, 15) is 13.6 Å². The standard InChI is InChI=1S/C19H15BrF2N6O/c1-11-2-3-12(7-23-11)4-5-16(29)13-6-14(19-24-9-17(20)27(19)10-13)28-15(18(21)22)8-25-26-28/h2-3,6-10,18H,4-5H2,1H3. The van der Waals surface area contributed by atoms with Gasteiger partial charge >= 0.3 is 0 Å². The topological polar surface area (TPSA) is 78.0 Å². The zero-order valence-electron chi connectivity index (χ0n) is 15.3. The number of carbonyl (C=O) groups is 1. The highest BCUT2D eigenvalue weighted by atomic mass is 79.9. The molecule has 0 atom stereocenters. The molecule has 29 heavy (non-hydrogen) atoms. The Balaban J connectivity index is 1.71. The fourth-order valence-electron chi connectivity index (χ4n) is 2.98. The lowest BCUT2D eigenvalue weighted by Crippen LogP contribution is -2.09. The molecular weight excluding hydrogens is 446 g/mol. The Hall–Kier alpha value is -3.01.